The topological polar surface area (TPSA) is 31.0 Å². The van der Waals surface area contributed by atoms with Crippen molar-refractivity contribution in [3.05, 3.63) is 191 Å². The van der Waals surface area contributed by atoms with Crippen molar-refractivity contribution in [3.63, 3.8) is 0 Å². The zero-order valence-corrected chi connectivity index (χ0v) is 31.2. The minimum Gasteiger partial charge on any atom is -0.456 e. The van der Waals surface area contributed by atoms with Crippen LogP contribution in [-0.4, -0.2) is 9.55 Å². The van der Waals surface area contributed by atoms with E-state index in [1.54, 1.807) is 0 Å². The molecule has 3 aromatic heterocycles. The molecule has 3 aliphatic rings. The lowest BCUT2D eigenvalue weighted by atomic mass is 9.91. The van der Waals surface area contributed by atoms with Crippen LogP contribution in [0.5, 0.6) is 0 Å². The summed E-state index contributed by atoms with van der Waals surface area (Å²) in [6.07, 6.45) is 19.8. The number of pyridine rings is 1. The Hall–Kier alpha value is -6.71. The van der Waals surface area contributed by atoms with Gasteiger partial charge < -0.3 is 8.98 Å². The molecule has 0 aliphatic heterocycles. The average molecular weight is 721 g/mol. The Morgan fingerprint density at radius 2 is 1.36 bits per heavy atom. The third kappa shape index (κ3) is 5.54. The number of rotatable bonds is 6. The lowest BCUT2D eigenvalue weighted by Gasteiger charge is -2.16. The molecule has 0 N–H and O–H groups in total. The van der Waals surface area contributed by atoms with Gasteiger partial charge in [-0.3, -0.25) is 0 Å². The number of hydrogen-bond acceptors (Lipinski definition) is 2. The van der Waals surface area contributed by atoms with E-state index in [2.05, 4.69) is 174 Å². The summed E-state index contributed by atoms with van der Waals surface area (Å²) in [7, 11) is 0. The molecule has 0 saturated carbocycles. The monoisotopic (exact) mass is 720 g/mol. The zero-order valence-electron chi connectivity index (χ0n) is 31.2. The van der Waals surface area contributed by atoms with Crippen molar-refractivity contribution in [3.8, 4) is 39.3 Å². The van der Waals surface area contributed by atoms with Crippen molar-refractivity contribution in [2.24, 2.45) is 0 Å². The van der Waals surface area contributed by atoms with Crippen LogP contribution in [0.25, 0.3) is 84.5 Å². The highest BCUT2D eigenvalue weighted by molar-refractivity contribution is 5.96. The van der Waals surface area contributed by atoms with Gasteiger partial charge in [-0.2, -0.15) is 0 Å². The predicted octanol–water partition coefficient (Wildman–Crippen LogP) is 12.2. The number of aryl methyl sites for hydroxylation is 1. The van der Waals surface area contributed by atoms with Gasteiger partial charge in [0.25, 0.3) is 0 Å². The Kier molecular flexibility index (Phi) is 7.91. The summed E-state index contributed by atoms with van der Waals surface area (Å²) in [5.41, 5.74) is 18.9. The first kappa shape index (κ1) is 32.7. The van der Waals surface area contributed by atoms with E-state index < -0.39 is 0 Å². The zero-order chi connectivity index (χ0) is 37.0. The molecule has 0 atom stereocenters. The fourth-order valence-corrected chi connectivity index (χ4v) is 9.15. The van der Waals surface area contributed by atoms with Crippen LogP contribution >= 0.6 is 0 Å². The number of aromatic nitrogens is 2. The van der Waals surface area contributed by atoms with E-state index in [0.717, 1.165) is 72.0 Å². The molecular formula is C53H40N2O. The molecule has 3 heterocycles. The van der Waals surface area contributed by atoms with Crippen molar-refractivity contribution >= 4 is 45.2 Å². The quantitative estimate of drug-likeness (QED) is 0.171. The molecule has 0 spiro atoms. The largest absolute Gasteiger partial charge is 0.456 e. The highest BCUT2D eigenvalue weighted by Gasteiger charge is 2.21. The normalized spacial score (nSPS) is 14.8. The third-order valence-corrected chi connectivity index (χ3v) is 11.9. The van der Waals surface area contributed by atoms with Crippen LogP contribution in [0.3, 0.4) is 0 Å². The first-order valence-corrected chi connectivity index (χ1v) is 20.0. The van der Waals surface area contributed by atoms with Gasteiger partial charge in [0.15, 0.2) is 0 Å². The first-order valence-electron chi connectivity index (χ1n) is 20.0. The van der Waals surface area contributed by atoms with Gasteiger partial charge in [0.2, 0.25) is 0 Å². The minimum absolute atomic E-state index is 0.959. The van der Waals surface area contributed by atoms with Gasteiger partial charge in [0.1, 0.15) is 11.0 Å². The maximum absolute atomic E-state index is 6.44. The van der Waals surface area contributed by atoms with Crippen LogP contribution < -0.4 is 10.6 Å². The summed E-state index contributed by atoms with van der Waals surface area (Å²) in [5.74, 6) is 0. The van der Waals surface area contributed by atoms with E-state index >= 15 is 0 Å². The van der Waals surface area contributed by atoms with E-state index in [1.165, 1.54) is 71.9 Å². The van der Waals surface area contributed by atoms with Gasteiger partial charge in [-0.15, -0.1) is 0 Å². The molecule has 5 aromatic carbocycles. The molecule has 3 heteroatoms. The van der Waals surface area contributed by atoms with Crippen LogP contribution in [0, 0.1) is 0 Å². The number of furan rings is 1. The molecule has 0 bridgehead atoms. The Morgan fingerprint density at radius 1 is 0.571 bits per heavy atom. The first-order chi connectivity index (χ1) is 27.8. The molecule has 56 heavy (non-hydrogen) atoms. The fraction of sp³-hybridized carbons (Fsp3) is 0.113. The van der Waals surface area contributed by atoms with Gasteiger partial charge >= 0.3 is 0 Å². The van der Waals surface area contributed by atoms with E-state index in [9.17, 15) is 0 Å². The second-order valence-corrected chi connectivity index (χ2v) is 15.2. The molecule has 3 aliphatic carbocycles. The summed E-state index contributed by atoms with van der Waals surface area (Å²) < 4.78 is 8.90. The summed E-state index contributed by atoms with van der Waals surface area (Å²) in [4.78, 5) is 5.33. The fourth-order valence-electron chi connectivity index (χ4n) is 9.15. The number of benzene rings is 5. The molecule has 3 nitrogen and oxygen atoms in total. The van der Waals surface area contributed by atoms with Gasteiger partial charge in [0, 0.05) is 44.1 Å². The molecule has 0 unspecified atom stereocenters. The highest BCUT2D eigenvalue weighted by atomic mass is 16.3. The van der Waals surface area contributed by atoms with Gasteiger partial charge in [0.05, 0.1) is 16.9 Å². The molecular weight excluding hydrogens is 681 g/mol. The average Bonchev–Trinajstić information content (AvgIpc) is 3.83. The van der Waals surface area contributed by atoms with Crippen LogP contribution in [0.15, 0.2) is 162 Å². The van der Waals surface area contributed by atoms with Crippen molar-refractivity contribution < 1.29 is 4.42 Å². The molecule has 0 amide bonds. The maximum Gasteiger partial charge on any atom is 0.138 e. The van der Waals surface area contributed by atoms with Crippen LogP contribution in [-0.2, 0) is 6.42 Å². The second-order valence-electron chi connectivity index (χ2n) is 15.2. The smallest absolute Gasteiger partial charge is 0.138 e. The maximum atomic E-state index is 6.44. The van der Waals surface area contributed by atoms with Crippen molar-refractivity contribution in [1.82, 2.24) is 9.55 Å². The van der Waals surface area contributed by atoms with Crippen molar-refractivity contribution in [1.29, 1.82) is 0 Å². The van der Waals surface area contributed by atoms with Crippen LogP contribution in [0.1, 0.15) is 54.5 Å². The second kappa shape index (κ2) is 13.5. The molecule has 8 aromatic rings. The number of para-hydroxylation sites is 1. The minimum atomic E-state index is 0.959. The Bertz CT molecular complexity index is 3060. The Labute approximate surface area is 326 Å². The summed E-state index contributed by atoms with van der Waals surface area (Å²) >= 11 is 0. The van der Waals surface area contributed by atoms with E-state index in [0.29, 0.717) is 0 Å². The molecule has 0 radical (unpaired) electrons. The predicted molar refractivity (Wildman–Crippen MR) is 233 cm³/mol. The highest BCUT2D eigenvalue weighted by Crippen LogP contribution is 2.40. The molecule has 11 rings (SSSR count). The summed E-state index contributed by atoms with van der Waals surface area (Å²) in [6.45, 7) is 0. The number of hydrogen-bond donors (Lipinski definition) is 0. The van der Waals surface area contributed by atoms with E-state index in [-0.39, 0.29) is 0 Å². The Balaban J connectivity index is 1.02. The number of allylic oxidation sites excluding steroid dienone is 5. The third-order valence-electron chi connectivity index (χ3n) is 11.9. The lowest BCUT2D eigenvalue weighted by Crippen LogP contribution is -2.26. The van der Waals surface area contributed by atoms with Crippen molar-refractivity contribution in [2.45, 2.75) is 38.5 Å². The van der Waals surface area contributed by atoms with Gasteiger partial charge in [-0.05, 0) is 120 Å². The standard InChI is InChI=1S/C53H40N2O/c1-3-14-35(15-4-1)39-33-48(37-16-5-2-6-17-37)54-49(34-39)43-19-8-7-18-41(43)38-28-31-51-47(32-38)44-20-9-11-24-50(44)55(51)40-29-26-36(27-30-40)42-22-13-23-46-45-21-10-12-25-52(45)56-53(42)46/h1-3,5-8,10-12,14,16-19,21,23-34H,4,9,13,15,20,22H2. The summed E-state index contributed by atoms with van der Waals surface area (Å²) in [6, 6.07) is 48.5. The number of nitrogens with zero attached hydrogens (tertiary/aromatic N) is 2. The van der Waals surface area contributed by atoms with Crippen LogP contribution in [0.4, 0.5) is 0 Å². The molecule has 0 saturated heterocycles. The SMILES string of the molecule is C1=CCCC(c2cc(-c3ccccc3)nc(-c3ccccc3-c3ccc4c(c3)c3c(n4-c4ccc(C5=c6oc7ccccc7c6=CCC5)cc4)C=CCC3)c2)=C1. The summed E-state index contributed by atoms with van der Waals surface area (Å²) in [5, 5.41) is 3.75. The Morgan fingerprint density at radius 3 is 2.23 bits per heavy atom. The number of fused-ring (bicyclic) bond motifs is 6. The lowest BCUT2D eigenvalue weighted by molar-refractivity contribution is 0.568. The van der Waals surface area contributed by atoms with E-state index in [1.807, 2.05) is 0 Å². The van der Waals surface area contributed by atoms with Crippen LogP contribution in [0.2, 0.25) is 0 Å². The van der Waals surface area contributed by atoms with Gasteiger partial charge in [-0.1, -0.05) is 121 Å². The van der Waals surface area contributed by atoms with E-state index in [4.69, 9.17) is 9.40 Å². The molecule has 268 valence electrons. The molecule has 0 fully saturated rings. The van der Waals surface area contributed by atoms with Crippen molar-refractivity contribution in [2.75, 3.05) is 0 Å². The van der Waals surface area contributed by atoms with Gasteiger partial charge in [-0.25, -0.2) is 4.98 Å².